The quantitative estimate of drug-likeness (QED) is 0.871. The third-order valence-electron chi connectivity index (χ3n) is 4.18. The first-order chi connectivity index (χ1) is 8.39. The van der Waals surface area contributed by atoms with Crippen molar-refractivity contribution in [3.63, 3.8) is 0 Å². The van der Waals surface area contributed by atoms with Crippen molar-refractivity contribution in [3.8, 4) is 0 Å². The van der Waals surface area contributed by atoms with Gasteiger partial charge in [0, 0.05) is 11.1 Å². The first-order valence-corrected chi connectivity index (χ1v) is 6.58. The van der Waals surface area contributed by atoms with Crippen LogP contribution in [0.4, 0.5) is 4.39 Å². The molecule has 2 N–H and O–H groups in total. The molecule has 1 rings (SSSR count). The number of benzene rings is 1. The van der Waals surface area contributed by atoms with E-state index in [0.717, 1.165) is 18.4 Å². The van der Waals surface area contributed by atoms with Crippen LogP contribution in [0, 0.1) is 12.7 Å². The standard InChI is InChI=1S/C15H25FN2/c1-6-15(7-2,18(4)5)14(17)12-10-11(3)8-9-13(12)16/h8-10,14H,6-7,17H2,1-5H3. The lowest BCUT2D eigenvalue weighted by molar-refractivity contribution is 0.104. The highest BCUT2D eigenvalue weighted by Gasteiger charge is 2.37. The number of halogens is 1. The molecule has 0 heterocycles. The summed E-state index contributed by atoms with van der Waals surface area (Å²) in [7, 11) is 4.03. The highest BCUT2D eigenvalue weighted by Crippen LogP contribution is 2.35. The van der Waals surface area contributed by atoms with Gasteiger partial charge in [0.15, 0.2) is 0 Å². The number of rotatable bonds is 5. The highest BCUT2D eigenvalue weighted by molar-refractivity contribution is 5.29. The average molecular weight is 252 g/mol. The molecule has 1 unspecified atom stereocenters. The van der Waals surface area contributed by atoms with Crippen molar-refractivity contribution >= 4 is 0 Å². The molecule has 1 aromatic rings. The normalized spacial score (nSPS) is 14.0. The molecule has 0 aliphatic heterocycles. The predicted octanol–water partition coefficient (Wildman–Crippen LogP) is 3.25. The fraction of sp³-hybridized carbons (Fsp3) is 0.600. The lowest BCUT2D eigenvalue weighted by Gasteiger charge is -2.43. The summed E-state index contributed by atoms with van der Waals surface area (Å²) in [6, 6.07) is 4.84. The summed E-state index contributed by atoms with van der Waals surface area (Å²) in [4.78, 5) is 2.12. The van der Waals surface area contributed by atoms with Gasteiger partial charge < -0.3 is 10.6 Å². The van der Waals surface area contributed by atoms with Gasteiger partial charge in [0.1, 0.15) is 5.82 Å². The van der Waals surface area contributed by atoms with Gasteiger partial charge >= 0.3 is 0 Å². The Balaban J connectivity index is 3.25. The average Bonchev–Trinajstić information content (AvgIpc) is 2.34. The molecule has 2 nitrogen and oxygen atoms in total. The largest absolute Gasteiger partial charge is 0.322 e. The van der Waals surface area contributed by atoms with Gasteiger partial charge in [-0.2, -0.15) is 0 Å². The van der Waals surface area contributed by atoms with E-state index in [1.54, 1.807) is 6.07 Å². The van der Waals surface area contributed by atoms with Gasteiger partial charge in [-0.15, -0.1) is 0 Å². The zero-order valence-corrected chi connectivity index (χ0v) is 12.1. The van der Waals surface area contributed by atoms with Gasteiger partial charge in [0.25, 0.3) is 0 Å². The number of aryl methyl sites for hydroxylation is 1. The highest BCUT2D eigenvalue weighted by atomic mass is 19.1. The monoisotopic (exact) mass is 252 g/mol. The lowest BCUT2D eigenvalue weighted by Crippen LogP contribution is -2.51. The molecule has 0 bridgehead atoms. The number of nitrogens with zero attached hydrogens (tertiary/aromatic N) is 1. The minimum Gasteiger partial charge on any atom is -0.322 e. The van der Waals surface area contributed by atoms with Gasteiger partial charge in [-0.3, -0.25) is 0 Å². The molecule has 1 aromatic carbocycles. The van der Waals surface area contributed by atoms with Gasteiger partial charge in [-0.25, -0.2) is 4.39 Å². The Bertz CT molecular complexity index is 397. The van der Waals surface area contributed by atoms with E-state index >= 15 is 0 Å². The van der Waals surface area contributed by atoms with Crippen LogP contribution in [0.2, 0.25) is 0 Å². The molecule has 3 heteroatoms. The zero-order chi connectivity index (χ0) is 13.9. The van der Waals surface area contributed by atoms with E-state index in [1.807, 2.05) is 27.1 Å². The summed E-state index contributed by atoms with van der Waals surface area (Å²) in [6.45, 7) is 6.18. The van der Waals surface area contributed by atoms with Crippen molar-refractivity contribution in [1.29, 1.82) is 0 Å². The number of hydrogen-bond donors (Lipinski definition) is 1. The zero-order valence-electron chi connectivity index (χ0n) is 12.1. The van der Waals surface area contributed by atoms with Crippen molar-refractivity contribution < 1.29 is 4.39 Å². The molecule has 0 spiro atoms. The number of likely N-dealkylation sites (N-methyl/N-ethyl adjacent to an activating group) is 1. The van der Waals surface area contributed by atoms with E-state index in [-0.39, 0.29) is 17.4 Å². The van der Waals surface area contributed by atoms with E-state index in [9.17, 15) is 4.39 Å². The topological polar surface area (TPSA) is 29.3 Å². The second-order valence-corrected chi connectivity index (χ2v) is 5.21. The van der Waals surface area contributed by atoms with Gasteiger partial charge in [0.05, 0.1) is 6.04 Å². The van der Waals surface area contributed by atoms with Gasteiger partial charge in [-0.1, -0.05) is 31.5 Å². The summed E-state index contributed by atoms with van der Waals surface area (Å²) in [5.41, 5.74) is 7.85. The fourth-order valence-corrected chi connectivity index (χ4v) is 2.79. The maximum absolute atomic E-state index is 14.0. The Kier molecular flexibility index (Phi) is 4.88. The van der Waals surface area contributed by atoms with E-state index < -0.39 is 0 Å². The molecule has 0 radical (unpaired) electrons. The molecule has 0 saturated carbocycles. The van der Waals surface area contributed by atoms with Crippen LogP contribution in [0.1, 0.15) is 43.9 Å². The Morgan fingerprint density at radius 1 is 1.28 bits per heavy atom. The van der Waals surface area contributed by atoms with Crippen LogP contribution < -0.4 is 5.73 Å². The van der Waals surface area contributed by atoms with E-state index in [1.165, 1.54) is 6.07 Å². The summed E-state index contributed by atoms with van der Waals surface area (Å²) in [5, 5.41) is 0. The molecule has 1 atom stereocenters. The Morgan fingerprint density at radius 2 is 1.83 bits per heavy atom. The summed E-state index contributed by atoms with van der Waals surface area (Å²) in [6.07, 6.45) is 1.79. The summed E-state index contributed by atoms with van der Waals surface area (Å²) >= 11 is 0. The van der Waals surface area contributed by atoms with Gasteiger partial charge in [0.2, 0.25) is 0 Å². The molecular formula is C15H25FN2. The predicted molar refractivity (Wildman–Crippen MR) is 75.1 cm³/mol. The summed E-state index contributed by atoms with van der Waals surface area (Å²) < 4.78 is 14.0. The Hall–Kier alpha value is -0.930. The molecule has 102 valence electrons. The van der Waals surface area contributed by atoms with Crippen molar-refractivity contribution in [2.24, 2.45) is 5.73 Å². The Labute approximate surface area is 110 Å². The maximum Gasteiger partial charge on any atom is 0.128 e. The minimum absolute atomic E-state index is 0.200. The van der Waals surface area contributed by atoms with E-state index in [4.69, 9.17) is 5.73 Å². The first kappa shape index (κ1) is 15.1. The molecular weight excluding hydrogens is 227 g/mol. The maximum atomic E-state index is 14.0. The van der Waals surface area contributed by atoms with Crippen molar-refractivity contribution in [1.82, 2.24) is 4.90 Å². The SMILES string of the molecule is CCC(CC)(C(N)c1cc(C)ccc1F)N(C)C. The van der Waals surface area contributed by atoms with Crippen LogP contribution >= 0.6 is 0 Å². The second-order valence-electron chi connectivity index (χ2n) is 5.21. The fourth-order valence-electron chi connectivity index (χ4n) is 2.79. The van der Waals surface area contributed by atoms with E-state index in [2.05, 4.69) is 18.7 Å². The van der Waals surface area contributed by atoms with Gasteiger partial charge in [-0.05, 0) is 39.9 Å². The first-order valence-electron chi connectivity index (χ1n) is 6.58. The minimum atomic E-state index is -0.317. The smallest absolute Gasteiger partial charge is 0.128 e. The second kappa shape index (κ2) is 5.81. The van der Waals surface area contributed by atoms with Crippen LogP contribution in [0.3, 0.4) is 0 Å². The van der Waals surface area contributed by atoms with Crippen molar-refractivity contribution in [2.45, 2.75) is 45.2 Å². The Morgan fingerprint density at radius 3 is 2.28 bits per heavy atom. The number of hydrogen-bond acceptors (Lipinski definition) is 2. The van der Waals surface area contributed by atoms with Crippen LogP contribution in [0.25, 0.3) is 0 Å². The molecule has 0 aliphatic rings. The van der Waals surface area contributed by atoms with Crippen LogP contribution in [-0.2, 0) is 0 Å². The molecule has 0 aromatic heterocycles. The van der Waals surface area contributed by atoms with Crippen molar-refractivity contribution in [3.05, 3.63) is 35.1 Å². The lowest BCUT2D eigenvalue weighted by atomic mass is 9.79. The van der Waals surface area contributed by atoms with Crippen molar-refractivity contribution in [2.75, 3.05) is 14.1 Å². The molecule has 18 heavy (non-hydrogen) atoms. The van der Waals surface area contributed by atoms with Crippen LogP contribution in [0.5, 0.6) is 0 Å². The van der Waals surface area contributed by atoms with E-state index in [0.29, 0.717) is 5.56 Å². The third kappa shape index (κ3) is 2.57. The molecule has 0 aliphatic carbocycles. The number of nitrogens with two attached hydrogens (primary N) is 1. The van der Waals surface area contributed by atoms with Crippen LogP contribution in [0.15, 0.2) is 18.2 Å². The molecule has 0 fully saturated rings. The summed E-state index contributed by atoms with van der Waals surface area (Å²) in [5.74, 6) is -0.207. The third-order valence-corrected chi connectivity index (χ3v) is 4.18. The molecule has 0 amide bonds. The molecule has 0 saturated heterocycles. The van der Waals surface area contributed by atoms with Crippen LogP contribution in [-0.4, -0.2) is 24.5 Å².